The van der Waals surface area contributed by atoms with Gasteiger partial charge in [-0.05, 0) is 25.0 Å². The average Bonchev–Trinajstić information content (AvgIpc) is 2.72. The molecule has 0 aromatic carbocycles. The molecule has 1 atom stereocenters. The van der Waals surface area contributed by atoms with E-state index in [2.05, 4.69) is 28.2 Å². The number of amides is 1. The molecule has 0 saturated carbocycles. The summed E-state index contributed by atoms with van der Waals surface area (Å²) in [5.41, 5.74) is 0. The third kappa shape index (κ3) is 4.39. The van der Waals surface area contributed by atoms with Crippen LogP contribution in [-0.2, 0) is 6.42 Å². The van der Waals surface area contributed by atoms with Crippen LogP contribution in [0.1, 0.15) is 43.0 Å². The Morgan fingerprint density at radius 3 is 2.88 bits per heavy atom. The molecule has 0 radical (unpaired) electrons. The summed E-state index contributed by atoms with van der Waals surface area (Å²) in [5.74, 6) is 1.13. The van der Waals surface area contributed by atoms with E-state index in [1.165, 1.54) is 0 Å². The zero-order valence-electron chi connectivity index (χ0n) is 9.75. The van der Waals surface area contributed by atoms with E-state index in [1.807, 2.05) is 13.0 Å². The first kappa shape index (κ1) is 13.3. The van der Waals surface area contributed by atoms with Gasteiger partial charge in [0.2, 0.25) is 0 Å². The maximum Gasteiger partial charge on any atom is 0.286 e. The number of nitrogens with one attached hydrogen (secondary N) is 1. The van der Waals surface area contributed by atoms with Gasteiger partial charge in [-0.1, -0.05) is 29.8 Å². The van der Waals surface area contributed by atoms with Crippen LogP contribution in [0, 0.1) is 0 Å². The molecule has 1 aromatic rings. The van der Waals surface area contributed by atoms with Crippen molar-refractivity contribution in [1.29, 1.82) is 0 Å². The molecule has 1 amide bonds. The predicted molar refractivity (Wildman–Crippen MR) is 68.0 cm³/mol. The summed E-state index contributed by atoms with van der Waals surface area (Å²) in [6.45, 7) is 4.79. The molecule has 1 unspecified atom stereocenters. The highest BCUT2D eigenvalue weighted by atomic mass is 79.9. The van der Waals surface area contributed by atoms with E-state index < -0.39 is 0 Å². The van der Waals surface area contributed by atoms with Crippen LogP contribution >= 0.6 is 15.9 Å². The molecule has 0 aliphatic heterocycles. The number of rotatable bonds is 6. The molecule has 0 bridgehead atoms. The summed E-state index contributed by atoms with van der Waals surface area (Å²) >= 11 is 3.47. The van der Waals surface area contributed by atoms with Gasteiger partial charge < -0.3 is 9.73 Å². The fourth-order valence-corrected chi connectivity index (χ4v) is 1.69. The zero-order chi connectivity index (χ0) is 12.0. The Morgan fingerprint density at radius 1 is 1.56 bits per heavy atom. The van der Waals surface area contributed by atoms with Crippen LogP contribution in [0.5, 0.6) is 0 Å². The maximum absolute atomic E-state index is 11.6. The Morgan fingerprint density at radius 2 is 2.31 bits per heavy atom. The maximum atomic E-state index is 11.6. The zero-order valence-corrected chi connectivity index (χ0v) is 11.3. The molecule has 1 aromatic heterocycles. The number of hydrogen-bond donors (Lipinski definition) is 1. The number of carbonyl (C=O) groups is 1. The normalized spacial score (nSPS) is 12.4. The molecule has 16 heavy (non-hydrogen) atoms. The molecule has 4 heteroatoms. The summed E-state index contributed by atoms with van der Waals surface area (Å²) in [4.78, 5) is 12.1. The molecule has 1 N–H and O–H groups in total. The van der Waals surface area contributed by atoms with Gasteiger partial charge in [-0.25, -0.2) is 0 Å². The van der Waals surface area contributed by atoms with Gasteiger partial charge in [-0.15, -0.1) is 0 Å². The molecule has 0 aliphatic carbocycles. The fourth-order valence-electron chi connectivity index (χ4n) is 1.36. The van der Waals surface area contributed by atoms with Crippen LogP contribution in [0.4, 0.5) is 0 Å². The van der Waals surface area contributed by atoms with Crippen molar-refractivity contribution < 1.29 is 9.21 Å². The van der Waals surface area contributed by atoms with Crippen molar-refractivity contribution in [2.24, 2.45) is 0 Å². The van der Waals surface area contributed by atoms with Crippen LogP contribution in [-0.4, -0.2) is 17.3 Å². The van der Waals surface area contributed by atoms with Gasteiger partial charge in [-0.2, -0.15) is 0 Å². The first-order valence-corrected chi connectivity index (χ1v) is 6.56. The van der Waals surface area contributed by atoms with Crippen LogP contribution < -0.4 is 5.32 Å². The van der Waals surface area contributed by atoms with Crippen molar-refractivity contribution in [1.82, 2.24) is 5.32 Å². The lowest BCUT2D eigenvalue weighted by atomic mass is 10.2. The van der Waals surface area contributed by atoms with Gasteiger partial charge in [0.05, 0.1) is 0 Å². The summed E-state index contributed by atoms with van der Waals surface area (Å²) in [5, 5.41) is 2.84. The molecule has 0 saturated heterocycles. The second kappa shape index (κ2) is 6.74. The molecule has 1 heterocycles. The molecular weight excluding hydrogens is 270 g/mol. The van der Waals surface area contributed by atoms with Crippen molar-refractivity contribution in [2.75, 3.05) is 6.54 Å². The third-order valence-electron chi connectivity index (χ3n) is 2.30. The van der Waals surface area contributed by atoms with E-state index in [4.69, 9.17) is 4.42 Å². The van der Waals surface area contributed by atoms with Crippen molar-refractivity contribution in [3.8, 4) is 0 Å². The van der Waals surface area contributed by atoms with Gasteiger partial charge in [0.15, 0.2) is 5.76 Å². The summed E-state index contributed by atoms with van der Waals surface area (Å²) in [6, 6.07) is 3.57. The highest BCUT2D eigenvalue weighted by Gasteiger charge is 2.09. The third-order valence-corrected chi connectivity index (χ3v) is 2.76. The Labute approximate surface area is 105 Å². The van der Waals surface area contributed by atoms with E-state index >= 15 is 0 Å². The molecule has 0 fully saturated rings. The summed E-state index contributed by atoms with van der Waals surface area (Å²) in [6.07, 6.45) is 2.84. The van der Waals surface area contributed by atoms with Crippen LogP contribution in [0.25, 0.3) is 0 Å². The number of alkyl halides is 1. The standard InChI is InChI=1S/C12H18BrNO2/c1-3-10-6-7-11(16-10)12(15)14-8-4-5-9(2)13/h6-7,9H,3-5,8H2,1-2H3,(H,14,15). The second-order valence-electron chi connectivity index (χ2n) is 3.80. The lowest BCUT2D eigenvalue weighted by molar-refractivity contribution is 0.0923. The highest BCUT2D eigenvalue weighted by Crippen LogP contribution is 2.08. The smallest absolute Gasteiger partial charge is 0.286 e. The lowest BCUT2D eigenvalue weighted by Gasteiger charge is -2.04. The van der Waals surface area contributed by atoms with E-state index in [9.17, 15) is 4.79 Å². The number of furan rings is 1. The molecule has 0 aliphatic rings. The van der Waals surface area contributed by atoms with E-state index in [0.717, 1.165) is 25.0 Å². The predicted octanol–water partition coefficient (Wildman–Crippen LogP) is 3.14. The van der Waals surface area contributed by atoms with Crippen molar-refractivity contribution >= 4 is 21.8 Å². The monoisotopic (exact) mass is 287 g/mol. The van der Waals surface area contributed by atoms with Crippen molar-refractivity contribution in [3.05, 3.63) is 23.7 Å². The topological polar surface area (TPSA) is 42.2 Å². The quantitative estimate of drug-likeness (QED) is 0.645. The fraction of sp³-hybridized carbons (Fsp3) is 0.583. The van der Waals surface area contributed by atoms with Crippen molar-refractivity contribution in [3.63, 3.8) is 0 Å². The van der Waals surface area contributed by atoms with Crippen LogP contribution in [0.2, 0.25) is 0 Å². The molecule has 90 valence electrons. The number of hydrogen-bond acceptors (Lipinski definition) is 2. The highest BCUT2D eigenvalue weighted by molar-refractivity contribution is 9.09. The average molecular weight is 288 g/mol. The summed E-state index contributed by atoms with van der Waals surface area (Å²) in [7, 11) is 0. The van der Waals surface area contributed by atoms with E-state index in [-0.39, 0.29) is 5.91 Å². The van der Waals surface area contributed by atoms with Gasteiger partial charge in [0.1, 0.15) is 5.76 Å². The van der Waals surface area contributed by atoms with Crippen molar-refractivity contribution in [2.45, 2.75) is 37.9 Å². The van der Waals surface area contributed by atoms with Gasteiger partial charge in [0, 0.05) is 17.8 Å². The first-order valence-electron chi connectivity index (χ1n) is 5.64. The van der Waals surface area contributed by atoms with E-state index in [0.29, 0.717) is 17.1 Å². The van der Waals surface area contributed by atoms with Crippen LogP contribution in [0.15, 0.2) is 16.5 Å². The van der Waals surface area contributed by atoms with Crippen LogP contribution in [0.3, 0.4) is 0 Å². The molecule has 0 spiro atoms. The first-order chi connectivity index (χ1) is 7.63. The van der Waals surface area contributed by atoms with E-state index in [1.54, 1.807) is 6.07 Å². The minimum atomic E-state index is -0.123. The Bertz CT molecular complexity index is 334. The Hall–Kier alpha value is -0.770. The molecule has 1 rings (SSSR count). The second-order valence-corrected chi connectivity index (χ2v) is 5.36. The van der Waals surface area contributed by atoms with Gasteiger partial charge >= 0.3 is 0 Å². The molecular formula is C12H18BrNO2. The van der Waals surface area contributed by atoms with Gasteiger partial charge in [0.25, 0.3) is 5.91 Å². The number of aryl methyl sites for hydroxylation is 1. The minimum absolute atomic E-state index is 0.123. The number of halogens is 1. The number of carbonyl (C=O) groups excluding carboxylic acids is 1. The lowest BCUT2D eigenvalue weighted by Crippen LogP contribution is -2.24. The SMILES string of the molecule is CCc1ccc(C(=O)NCCCC(C)Br)o1. The van der Waals surface area contributed by atoms with Gasteiger partial charge in [-0.3, -0.25) is 4.79 Å². The largest absolute Gasteiger partial charge is 0.456 e. The Balaban J connectivity index is 2.29. The molecule has 3 nitrogen and oxygen atoms in total. The summed E-state index contributed by atoms with van der Waals surface area (Å²) < 4.78 is 5.35. The Kier molecular flexibility index (Phi) is 5.60. The minimum Gasteiger partial charge on any atom is -0.456 e.